The molecule has 7 nitrogen and oxygen atoms in total. The average Bonchev–Trinajstić information content (AvgIpc) is 2.82. The van der Waals surface area contributed by atoms with Crippen LogP contribution in [0.3, 0.4) is 0 Å². The number of halogens is 1. The topological polar surface area (TPSA) is 101 Å². The molecule has 0 saturated carbocycles. The van der Waals surface area contributed by atoms with Crippen molar-refractivity contribution in [3.05, 3.63) is 75.8 Å². The van der Waals surface area contributed by atoms with Crippen LogP contribution in [0.5, 0.6) is 0 Å². The van der Waals surface area contributed by atoms with Gasteiger partial charge in [0, 0.05) is 37.2 Å². The monoisotopic (exact) mass is 493 g/mol. The van der Waals surface area contributed by atoms with Gasteiger partial charge in [-0.2, -0.15) is 4.99 Å². The van der Waals surface area contributed by atoms with Gasteiger partial charge in [-0.3, -0.25) is 9.79 Å². The van der Waals surface area contributed by atoms with E-state index in [0.29, 0.717) is 29.2 Å². The molecule has 34 heavy (non-hydrogen) atoms. The number of thioether (sulfide) groups is 1. The number of carbonyl (C=O) groups excluding carboxylic acids is 1. The molecule has 0 bridgehead atoms. The highest BCUT2D eigenvalue weighted by Gasteiger charge is 2.17. The first-order valence-corrected chi connectivity index (χ1v) is 12.0. The Morgan fingerprint density at radius 3 is 2.71 bits per heavy atom. The van der Waals surface area contributed by atoms with Crippen LogP contribution in [0.2, 0.25) is 5.02 Å². The van der Waals surface area contributed by atoms with E-state index in [1.54, 1.807) is 13.3 Å². The summed E-state index contributed by atoms with van der Waals surface area (Å²) in [6.07, 6.45) is 1.73. The number of rotatable bonds is 4. The van der Waals surface area contributed by atoms with E-state index in [0.717, 1.165) is 33.3 Å². The van der Waals surface area contributed by atoms with Crippen molar-refractivity contribution in [2.24, 2.45) is 20.7 Å². The molecule has 1 amide bonds. The van der Waals surface area contributed by atoms with E-state index >= 15 is 0 Å². The first kappa shape index (κ1) is 23.9. The third kappa shape index (κ3) is 5.64. The van der Waals surface area contributed by atoms with Gasteiger partial charge in [-0.25, -0.2) is 4.99 Å². The summed E-state index contributed by atoms with van der Waals surface area (Å²) in [5, 5.41) is 6.02. The van der Waals surface area contributed by atoms with Crippen molar-refractivity contribution in [3.8, 4) is 0 Å². The van der Waals surface area contributed by atoms with Crippen LogP contribution in [0, 0.1) is 0 Å². The summed E-state index contributed by atoms with van der Waals surface area (Å²) in [7, 11) is 1.58. The number of carbonyl (C=O) groups is 1. The number of aliphatic imine (C=N–C) groups is 3. The van der Waals surface area contributed by atoms with Crippen molar-refractivity contribution < 1.29 is 9.53 Å². The Hall–Kier alpha value is -3.20. The van der Waals surface area contributed by atoms with Crippen molar-refractivity contribution in [2.75, 3.05) is 12.4 Å². The summed E-state index contributed by atoms with van der Waals surface area (Å²) in [5.41, 5.74) is 10.7. The Morgan fingerprint density at radius 2 is 1.97 bits per heavy atom. The number of ether oxygens (including phenoxy) is 1. The Morgan fingerprint density at radius 1 is 1.21 bits per heavy atom. The molecule has 174 valence electrons. The van der Waals surface area contributed by atoms with Crippen LogP contribution in [0.4, 0.5) is 5.69 Å². The lowest BCUT2D eigenvalue weighted by Gasteiger charge is -2.19. The van der Waals surface area contributed by atoms with E-state index < -0.39 is 0 Å². The van der Waals surface area contributed by atoms with Gasteiger partial charge in [0.1, 0.15) is 0 Å². The molecule has 9 heteroatoms. The van der Waals surface area contributed by atoms with E-state index in [9.17, 15) is 4.79 Å². The van der Waals surface area contributed by atoms with Gasteiger partial charge >= 0.3 is 0 Å². The fourth-order valence-corrected chi connectivity index (χ4v) is 4.73. The minimum absolute atomic E-state index is 0.106. The molecular formula is C25H24ClN5O2S. The van der Waals surface area contributed by atoms with Crippen LogP contribution in [0.15, 0.2) is 63.5 Å². The number of hydrogen-bond donors (Lipinski definition) is 2. The summed E-state index contributed by atoms with van der Waals surface area (Å²) in [5.74, 6) is 0.647. The van der Waals surface area contributed by atoms with Gasteiger partial charge < -0.3 is 15.8 Å². The van der Waals surface area contributed by atoms with Crippen molar-refractivity contribution in [2.45, 2.75) is 25.9 Å². The summed E-state index contributed by atoms with van der Waals surface area (Å²) in [6.45, 7) is 2.60. The number of amidine groups is 1. The number of nitrogens with zero attached hydrogens (tertiary/aromatic N) is 3. The zero-order valence-corrected chi connectivity index (χ0v) is 20.4. The third-order valence-corrected chi connectivity index (χ3v) is 6.47. The molecule has 3 aromatic rings. The van der Waals surface area contributed by atoms with Gasteiger partial charge in [-0.05, 0) is 45.7 Å². The van der Waals surface area contributed by atoms with Gasteiger partial charge in [0.05, 0.1) is 18.2 Å². The maximum atomic E-state index is 11.2. The molecule has 4 rings (SSSR count). The smallest absolute Gasteiger partial charge is 0.221 e. The lowest BCUT2D eigenvalue weighted by atomic mass is 9.95. The molecule has 0 fully saturated rings. The Balaban J connectivity index is 1.60. The fraction of sp³-hybridized carbons (Fsp3) is 0.200. The highest BCUT2D eigenvalue weighted by Crippen LogP contribution is 2.34. The fourth-order valence-electron chi connectivity index (χ4n) is 3.67. The molecule has 3 N–H and O–H groups in total. The molecule has 3 aromatic carbocycles. The summed E-state index contributed by atoms with van der Waals surface area (Å²) in [4.78, 5) is 24.1. The van der Waals surface area contributed by atoms with E-state index in [4.69, 9.17) is 22.1 Å². The quantitative estimate of drug-likeness (QED) is 0.388. The van der Waals surface area contributed by atoms with E-state index in [-0.39, 0.29) is 11.9 Å². The van der Waals surface area contributed by atoms with E-state index in [1.807, 2.05) is 42.5 Å². The Bertz CT molecular complexity index is 1320. The van der Waals surface area contributed by atoms with Crippen molar-refractivity contribution >= 4 is 63.1 Å². The Labute approximate surface area is 207 Å². The lowest BCUT2D eigenvalue weighted by Crippen LogP contribution is -2.10. The summed E-state index contributed by atoms with van der Waals surface area (Å²) in [6, 6.07) is 15.7. The third-order valence-electron chi connectivity index (χ3n) is 5.22. The van der Waals surface area contributed by atoms with Crippen molar-refractivity contribution in [1.82, 2.24) is 0 Å². The maximum Gasteiger partial charge on any atom is 0.221 e. The number of guanidine groups is 1. The maximum absolute atomic E-state index is 11.2. The van der Waals surface area contributed by atoms with Crippen LogP contribution >= 0.6 is 23.4 Å². The predicted octanol–water partition coefficient (Wildman–Crippen LogP) is 5.13. The minimum atomic E-state index is -0.106. The molecule has 0 atom stereocenters. The average molecular weight is 494 g/mol. The molecule has 0 radical (unpaired) electrons. The number of benzene rings is 3. The van der Waals surface area contributed by atoms with Gasteiger partial charge in [0.25, 0.3) is 0 Å². The van der Waals surface area contributed by atoms with Gasteiger partial charge in [-0.15, -0.1) is 0 Å². The second kappa shape index (κ2) is 10.8. The van der Waals surface area contributed by atoms with E-state index in [1.165, 1.54) is 24.1 Å². The number of nitrogens with one attached hydrogen (secondary N) is 1. The highest BCUT2D eigenvalue weighted by atomic mass is 35.5. The van der Waals surface area contributed by atoms with Crippen LogP contribution in [0.25, 0.3) is 10.8 Å². The zero-order chi connectivity index (χ0) is 24.1. The molecular weight excluding hydrogens is 470 g/mol. The molecule has 0 unspecified atom stereocenters. The van der Waals surface area contributed by atoms with Crippen molar-refractivity contribution in [1.29, 1.82) is 0 Å². The zero-order valence-electron chi connectivity index (χ0n) is 18.8. The van der Waals surface area contributed by atoms with Crippen LogP contribution < -0.4 is 11.1 Å². The largest absolute Gasteiger partial charge is 0.372 e. The molecule has 1 aliphatic heterocycles. The Kier molecular flexibility index (Phi) is 7.62. The molecule has 1 heterocycles. The van der Waals surface area contributed by atoms with Gasteiger partial charge in [-0.1, -0.05) is 53.7 Å². The standard InChI is InChI=1S/C25H24ClN5O2S/c1-15(32)30-19-8-6-16(7-9-19)14-34-25(31-24(27)28-2)29-11-21-20-5-3-4-17-12-33-13-18(23(17)20)10-22(21)26/h3-11H,12-14H2,1-2H3,(H2,27,28)(H,30,32). The van der Waals surface area contributed by atoms with E-state index in [2.05, 4.69) is 26.4 Å². The molecule has 0 aromatic heterocycles. The number of hydrogen-bond acceptors (Lipinski definition) is 4. The second-order valence-electron chi connectivity index (χ2n) is 7.66. The number of anilines is 1. The lowest BCUT2D eigenvalue weighted by molar-refractivity contribution is -0.114. The molecule has 0 aliphatic carbocycles. The van der Waals surface area contributed by atoms with Crippen LogP contribution in [-0.4, -0.2) is 30.3 Å². The molecule has 0 spiro atoms. The SMILES string of the molecule is CN=C(N)N=C(N=Cc1c(Cl)cc2c3c(cccc13)COC2)SCc1ccc(NC(C)=O)cc1. The molecule has 1 aliphatic rings. The first-order chi connectivity index (χ1) is 16.4. The van der Waals surface area contributed by atoms with Crippen molar-refractivity contribution in [3.63, 3.8) is 0 Å². The highest BCUT2D eigenvalue weighted by molar-refractivity contribution is 8.13. The van der Waals surface area contributed by atoms with Crippen LogP contribution in [0.1, 0.15) is 29.2 Å². The predicted molar refractivity (Wildman–Crippen MR) is 142 cm³/mol. The first-order valence-electron chi connectivity index (χ1n) is 10.6. The normalized spacial score (nSPS) is 14.1. The van der Waals surface area contributed by atoms with Crippen LogP contribution in [-0.2, 0) is 28.5 Å². The summed E-state index contributed by atoms with van der Waals surface area (Å²) < 4.78 is 5.67. The van der Waals surface area contributed by atoms with Gasteiger partial charge in [0.15, 0.2) is 5.17 Å². The summed E-state index contributed by atoms with van der Waals surface area (Å²) >= 11 is 8.06. The number of amides is 1. The number of nitrogens with two attached hydrogens (primary N) is 1. The minimum Gasteiger partial charge on any atom is -0.372 e. The molecule has 0 saturated heterocycles. The van der Waals surface area contributed by atoms with Gasteiger partial charge in [0.2, 0.25) is 11.9 Å². The second-order valence-corrected chi connectivity index (χ2v) is 9.01.